The zero-order chi connectivity index (χ0) is 15.2. The molecular weight excluding hydrogens is 295 g/mol. The fourth-order valence-corrected chi connectivity index (χ4v) is 2.03. The molecule has 3 aromatic rings. The van der Waals surface area contributed by atoms with Crippen LogP contribution < -0.4 is 5.56 Å². The van der Waals surface area contributed by atoms with Gasteiger partial charge in [-0.1, -0.05) is 30.3 Å². The smallest absolute Gasteiger partial charge is 0.276 e. The summed E-state index contributed by atoms with van der Waals surface area (Å²) in [5, 5.41) is 9.08. The molecule has 0 aliphatic rings. The summed E-state index contributed by atoms with van der Waals surface area (Å²) >= 11 is 0. The van der Waals surface area contributed by atoms with Gasteiger partial charge in [-0.15, -0.1) is 0 Å². The number of nitrogens with zero attached hydrogens (tertiary/aromatic N) is 2. The second kappa shape index (κ2) is 6.94. The molecule has 1 aromatic carbocycles. The van der Waals surface area contributed by atoms with E-state index in [1.807, 2.05) is 0 Å². The molecule has 0 aliphatic carbocycles. The van der Waals surface area contributed by atoms with E-state index in [4.69, 9.17) is 10.00 Å². The quantitative estimate of drug-likeness (QED) is 0.517. The predicted molar refractivity (Wildman–Crippen MR) is 77.1 cm³/mol. The van der Waals surface area contributed by atoms with Crippen LogP contribution in [0.5, 0.6) is 0 Å². The lowest BCUT2D eigenvalue weighted by Gasteiger charge is -2.04. The van der Waals surface area contributed by atoms with Crippen molar-refractivity contribution in [2.24, 2.45) is 0 Å². The monoisotopic (exact) mass is 308 g/mol. The van der Waals surface area contributed by atoms with Crippen LogP contribution in [0.1, 0.15) is 11.4 Å². The molecule has 0 bridgehead atoms. The molecule has 2 atom stereocenters. The minimum atomic E-state index is -2.86. The molecule has 0 saturated heterocycles. The van der Waals surface area contributed by atoms with Gasteiger partial charge in [0.1, 0.15) is 0 Å². The molecule has 2 aromatic heterocycles. The number of aromatic nitrogens is 4. The van der Waals surface area contributed by atoms with Crippen molar-refractivity contribution in [1.29, 1.82) is 0 Å². The van der Waals surface area contributed by atoms with Crippen molar-refractivity contribution in [3.63, 3.8) is 0 Å². The molecule has 2 heterocycles. The lowest BCUT2D eigenvalue weighted by Crippen LogP contribution is -2.05. The molecule has 9 heteroatoms. The Labute approximate surface area is 119 Å². The van der Waals surface area contributed by atoms with Gasteiger partial charge in [-0.25, -0.2) is 9.97 Å². The van der Waals surface area contributed by atoms with Gasteiger partial charge < -0.3 is 20.0 Å². The Morgan fingerprint density at radius 2 is 1.71 bits per heavy atom. The number of fused-ring (bicyclic) bond motifs is 1. The highest BCUT2D eigenvalue weighted by Gasteiger charge is 2.10. The molecule has 0 fully saturated rings. The Morgan fingerprint density at radius 1 is 1.10 bits per heavy atom. The molecular formula is C12H13N4O4P. The van der Waals surface area contributed by atoms with Crippen molar-refractivity contribution in [2.45, 2.75) is 5.85 Å². The van der Waals surface area contributed by atoms with E-state index in [1.165, 1.54) is 12.7 Å². The number of aliphatic hydroxyl groups is 1. The first kappa shape index (κ1) is 15.1. The van der Waals surface area contributed by atoms with E-state index < -0.39 is 13.9 Å². The maximum Gasteiger partial charge on any atom is 0.276 e. The van der Waals surface area contributed by atoms with Crippen molar-refractivity contribution < 1.29 is 14.6 Å². The molecule has 0 amide bonds. The van der Waals surface area contributed by atoms with E-state index in [0.29, 0.717) is 16.7 Å². The van der Waals surface area contributed by atoms with Crippen molar-refractivity contribution >= 4 is 19.2 Å². The van der Waals surface area contributed by atoms with Crippen LogP contribution in [-0.2, 0) is 4.57 Å². The summed E-state index contributed by atoms with van der Waals surface area (Å²) in [6.07, 6.45) is 2.76. The van der Waals surface area contributed by atoms with Gasteiger partial charge in [0.05, 0.1) is 12.7 Å². The van der Waals surface area contributed by atoms with E-state index in [-0.39, 0.29) is 5.56 Å². The maximum absolute atomic E-state index is 10.9. The van der Waals surface area contributed by atoms with Crippen LogP contribution >= 0.6 is 8.03 Å². The van der Waals surface area contributed by atoms with Gasteiger partial charge in [0.2, 0.25) is 8.03 Å². The van der Waals surface area contributed by atoms with Crippen LogP contribution in [0.15, 0.2) is 47.8 Å². The average molecular weight is 308 g/mol. The summed E-state index contributed by atoms with van der Waals surface area (Å²) in [5.41, 5.74) is 1.16. The number of aromatic amines is 2. The summed E-state index contributed by atoms with van der Waals surface area (Å²) in [7, 11) is -2.86. The molecule has 0 spiro atoms. The zero-order valence-corrected chi connectivity index (χ0v) is 11.7. The SMILES string of the molecule is O=[PH](O)C(O)c1ccccc1.O=c1[nH]cnc2nc[nH]c12. The van der Waals surface area contributed by atoms with Crippen molar-refractivity contribution in [1.82, 2.24) is 19.9 Å². The average Bonchev–Trinajstić information content (AvgIpc) is 2.98. The third-order valence-corrected chi connectivity index (χ3v) is 3.38. The molecule has 2 unspecified atom stereocenters. The van der Waals surface area contributed by atoms with Gasteiger partial charge in [-0.05, 0) is 5.56 Å². The van der Waals surface area contributed by atoms with Crippen LogP contribution in [0.25, 0.3) is 11.2 Å². The zero-order valence-electron chi connectivity index (χ0n) is 10.7. The minimum Gasteiger partial charge on any atom is -0.378 e. The van der Waals surface area contributed by atoms with E-state index in [0.717, 1.165) is 0 Å². The van der Waals surface area contributed by atoms with Crippen LogP contribution in [-0.4, -0.2) is 29.9 Å². The number of nitrogens with one attached hydrogen (secondary N) is 2. The number of hydrogen-bond donors (Lipinski definition) is 4. The van der Waals surface area contributed by atoms with Gasteiger partial charge in [-0.3, -0.25) is 9.36 Å². The normalized spacial score (nSPS) is 13.2. The third-order valence-electron chi connectivity index (χ3n) is 2.58. The second-order valence-electron chi connectivity index (χ2n) is 3.98. The molecule has 4 N–H and O–H groups in total. The molecule has 21 heavy (non-hydrogen) atoms. The Hall–Kier alpha value is -2.28. The van der Waals surface area contributed by atoms with Gasteiger partial charge in [0.15, 0.2) is 17.0 Å². The summed E-state index contributed by atoms with van der Waals surface area (Å²) in [5.74, 6) is -1.22. The van der Waals surface area contributed by atoms with E-state index in [9.17, 15) is 9.36 Å². The predicted octanol–water partition coefficient (Wildman–Crippen LogP) is 0.791. The second-order valence-corrected chi connectivity index (χ2v) is 5.21. The molecule has 0 radical (unpaired) electrons. The first-order chi connectivity index (χ1) is 10.1. The summed E-state index contributed by atoms with van der Waals surface area (Å²) in [6, 6.07) is 8.43. The van der Waals surface area contributed by atoms with Gasteiger partial charge in [-0.2, -0.15) is 0 Å². The summed E-state index contributed by atoms with van der Waals surface area (Å²) in [4.78, 5) is 32.1. The standard InChI is InChI=1S/C7H9O3P.C5H4N4O/c8-7(11(9)10)6-4-2-1-3-5-6;10-5-3-4(7-1-6-3)8-2-9-5/h1-5,7-8,11H,(H,9,10);1-2H,(H2,6,7,8,9,10). The lowest BCUT2D eigenvalue weighted by atomic mass is 10.2. The van der Waals surface area contributed by atoms with Crippen LogP contribution in [0.4, 0.5) is 0 Å². The van der Waals surface area contributed by atoms with E-state index >= 15 is 0 Å². The number of imidazole rings is 1. The highest BCUT2D eigenvalue weighted by Crippen LogP contribution is 2.34. The number of benzene rings is 1. The third kappa shape index (κ3) is 3.85. The number of hydrogen-bond acceptors (Lipinski definition) is 5. The lowest BCUT2D eigenvalue weighted by molar-refractivity contribution is 0.243. The van der Waals surface area contributed by atoms with Gasteiger partial charge in [0, 0.05) is 0 Å². The first-order valence-electron chi connectivity index (χ1n) is 5.92. The Balaban J connectivity index is 0.000000154. The Morgan fingerprint density at radius 3 is 2.29 bits per heavy atom. The first-order valence-corrected chi connectivity index (χ1v) is 7.35. The topological polar surface area (TPSA) is 132 Å². The minimum absolute atomic E-state index is 0.192. The molecule has 0 saturated carbocycles. The molecule has 8 nitrogen and oxygen atoms in total. The van der Waals surface area contributed by atoms with E-state index in [1.54, 1.807) is 30.3 Å². The van der Waals surface area contributed by atoms with Crippen molar-refractivity contribution in [3.05, 3.63) is 58.9 Å². The van der Waals surface area contributed by atoms with Crippen molar-refractivity contribution in [3.8, 4) is 0 Å². The fraction of sp³-hybridized carbons (Fsp3) is 0.0833. The van der Waals surface area contributed by atoms with Crippen LogP contribution in [0.2, 0.25) is 0 Å². The Bertz CT molecular complexity index is 786. The van der Waals surface area contributed by atoms with Gasteiger partial charge >= 0.3 is 0 Å². The maximum atomic E-state index is 10.9. The number of aliphatic hydroxyl groups excluding tert-OH is 1. The number of H-pyrrole nitrogens is 2. The van der Waals surface area contributed by atoms with Gasteiger partial charge in [0.25, 0.3) is 5.56 Å². The van der Waals surface area contributed by atoms with Crippen LogP contribution in [0, 0.1) is 0 Å². The fourth-order valence-electron chi connectivity index (χ4n) is 1.55. The molecule has 3 rings (SSSR count). The Kier molecular flexibility index (Phi) is 4.99. The number of rotatable bonds is 2. The summed E-state index contributed by atoms with van der Waals surface area (Å²) in [6.45, 7) is 0. The summed E-state index contributed by atoms with van der Waals surface area (Å²) < 4.78 is 10.4. The van der Waals surface area contributed by atoms with Crippen LogP contribution in [0.3, 0.4) is 0 Å². The van der Waals surface area contributed by atoms with E-state index in [2.05, 4.69) is 19.9 Å². The highest BCUT2D eigenvalue weighted by atomic mass is 31.1. The largest absolute Gasteiger partial charge is 0.378 e. The highest BCUT2D eigenvalue weighted by molar-refractivity contribution is 7.38. The van der Waals surface area contributed by atoms with Crippen molar-refractivity contribution in [2.75, 3.05) is 0 Å². The molecule has 110 valence electrons. The molecule has 0 aliphatic heterocycles.